The van der Waals surface area contributed by atoms with E-state index in [4.69, 9.17) is 0 Å². The number of aryl methyl sites for hydroxylation is 1. The van der Waals surface area contributed by atoms with E-state index >= 15 is 0 Å². The summed E-state index contributed by atoms with van der Waals surface area (Å²) < 4.78 is 15.6. The van der Waals surface area contributed by atoms with Crippen molar-refractivity contribution in [1.82, 2.24) is 15.0 Å². The number of benzene rings is 1. The average Bonchev–Trinajstić information content (AvgIpc) is 2.88. The van der Waals surface area contributed by atoms with E-state index in [2.05, 4.69) is 10.3 Å². The molecule has 0 aliphatic heterocycles. The normalized spacial score (nSPS) is 14.3. The number of hydrogen-bond acceptors (Lipinski definition) is 3. The van der Waals surface area contributed by atoms with E-state index in [1.165, 1.54) is 12.3 Å². The molecule has 1 unspecified atom stereocenters. The maximum atomic E-state index is 14.0. The Balaban J connectivity index is 2.54. The lowest BCUT2D eigenvalue weighted by Crippen LogP contribution is -2.31. The van der Waals surface area contributed by atoms with Gasteiger partial charge in [0.2, 0.25) is 0 Å². The van der Waals surface area contributed by atoms with Gasteiger partial charge in [0.1, 0.15) is 11.4 Å². The lowest BCUT2D eigenvalue weighted by atomic mass is 9.87. The van der Waals surface area contributed by atoms with Crippen molar-refractivity contribution in [1.29, 1.82) is 0 Å². The molecule has 19 heavy (non-hydrogen) atoms. The highest BCUT2D eigenvalue weighted by Crippen LogP contribution is 2.33. The van der Waals surface area contributed by atoms with Gasteiger partial charge in [0, 0.05) is 12.1 Å². The SMILES string of the molecule is CCCn1nncc1C(O)(CC)c1ccccc1F. The van der Waals surface area contributed by atoms with Gasteiger partial charge in [-0.25, -0.2) is 9.07 Å². The highest BCUT2D eigenvalue weighted by molar-refractivity contribution is 5.32. The summed E-state index contributed by atoms with van der Waals surface area (Å²) in [5.74, 6) is -0.420. The summed E-state index contributed by atoms with van der Waals surface area (Å²) in [6, 6.07) is 6.27. The van der Waals surface area contributed by atoms with Crippen molar-refractivity contribution < 1.29 is 9.50 Å². The largest absolute Gasteiger partial charge is 0.379 e. The van der Waals surface area contributed by atoms with Gasteiger partial charge < -0.3 is 5.11 Å². The van der Waals surface area contributed by atoms with Crippen LogP contribution < -0.4 is 0 Å². The molecule has 2 aromatic rings. The molecule has 1 aromatic heterocycles. The Morgan fingerprint density at radius 3 is 2.68 bits per heavy atom. The summed E-state index contributed by atoms with van der Waals surface area (Å²) in [5.41, 5.74) is -0.608. The third-order valence-electron chi connectivity index (χ3n) is 3.31. The van der Waals surface area contributed by atoms with E-state index in [1.807, 2.05) is 13.8 Å². The van der Waals surface area contributed by atoms with E-state index in [0.717, 1.165) is 6.42 Å². The smallest absolute Gasteiger partial charge is 0.135 e. The summed E-state index contributed by atoms with van der Waals surface area (Å²) >= 11 is 0. The Morgan fingerprint density at radius 1 is 1.32 bits per heavy atom. The van der Waals surface area contributed by atoms with Crippen LogP contribution in [0.25, 0.3) is 0 Å². The van der Waals surface area contributed by atoms with Crippen LogP contribution in [-0.4, -0.2) is 20.1 Å². The first kappa shape index (κ1) is 13.7. The maximum absolute atomic E-state index is 14.0. The molecule has 0 saturated heterocycles. The van der Waals surface area contributed by atoms with Crippen LogP contribution in [-0.2, 0) is 12.1 Å². The van der Waals surface area contributed by atoms with Crippen LogP contribution >= 0.6 is 0 Å². The van der Waals surface area contributed by atoms with Crippen molar-refractivity contribution in [2.75, 3.05) is 0 Å². The molecule has 1 atom stereocenters. The highest BCUT2D eigenvalue weighted by atomic mass is 19.1. The molecule has 1 aromatic carbocycles. The fourth-order valence-electron chi connectivity index (χ4n) is 2.26. The van der Waals surface area contributed by atoms with E-state index in [-0.39, 0.29) is 5.56 Å². The molecule has 2 rings (SSSR count). The second-order valence-electron chi connectivity index (χ2n) is 4.54. The zero-order valence-corrected chi connectivity index (χ0v) is 11.2. The minimum Gasteiger partial charge on any atom is -0.379 e. The van der Waals surface area contributed by atoms with Gasteiger partial charge in [0.25, 0.3) is 0 Å². The van der Waals surface area contributed by atoms with E-state index < -0.39 is 11.4 Å². The summed E-state index contributed by atoms with van der Waals surface area (Å²) in [6.45, 7) is 4.47. The quantitative estimate of drug-likeness (QED) is 0.901. The van der Waals surface area contributed by atoms with Crippen LogP contribution in [0.1, 0.15) is 37.9 Å². The fraction of sp³-hybridized carbons (Fsp3) is 0.429. The van der Waals surface area contributed by atoms with Crippen LogP contribution in [0.2, 0.25) is 0 Å². The number of aliphatic hydroxyl groups is 1. The first-order chi connectivity index (χ1) is 9.13. The van der Waals surface area contributed by atoms with Gasteiger partial charge in [0.15, 0.2) is 0 Å². The monoisotopic (exact) mass is 263 g/mol. The number of rotatable bonds is 5. The molecule has 0 bridgehead atoms. The van der Waals surface area contributed by atoms with Crippen LogP contribution in [0.5, 0.6) is 0 Å². The molecule has 0 aliphatic carbocycles. The van der Waals surface area contributed by atoms with Crippen LogP contribution in [0.15, 0.2) is 30.5 Å². The lowest BCUT2D eigenvalue weighted by Gasteiger charge is -2.27. The van der Waals surface area contributed by atoms with E-state index in [9.17, 15) is 9.50 Å². The number of aromatic nitrogens is 3. The van der Waals surface area contributed by atoms with Gasteiger partial charge in [-0.2, -0.15) is 0 Å². The summed E-state index contributed by atoms with van der Waals surface area (Å²) in [7, 11) is 0. The Morgan fingerprint density at radius 2 is 2.05 bits per heavy atom. The Kier molecular flexibility index (Phi) is 3.95. The zero-order chi connectivity index (χ0) is 13.9. The third-order valence-corrected chi connectivity index (χ3v) is 3.31. The molecule has 0 radical (unpaired) electrons. The highest BCUT2D eigenvalue weighted by Gasteiger charge is 2.35. The first-order valence-electron chi connectivity index (χ1n) is 6.49. The first-order valence-corrected chi connectivity index (χ1v) is 6.49. The maximum Gasteiger partial charge on any atom is 0.135 e. The predicted molar refractivity (Wildman–Crippen MR) is 70.0 cm³/mol. The van der Waals surface area contributed by atoms with Gasteiger partial charge in [0.05, 0.1) is 11.9 Å². The zero-order valence-electron chi connectivity index (χ0n) is 11.2. The van der Waals surface area contributed by atoms with Gasteiger partial charge in [-0.1, -0.05) is 37.3 Å². The van der Waals surface area contributed by atoms with Crippen molar-refractivity contribution in [2.24, 2.45) is 0 Å². The minimum atomic E-state index is -1.40. The number of nitrogens with zero attached hydrogens (tertiary/aromatic N) is 3. The van der Waals surface area contributed by atoms with Crippen molar-refractivity contribution in [3.63, 3.8) is 0 Å². The predicted octanol–water partition coefficient (Wildman–Crippen LogP) is 2.47. The summed E-state index contributed by atoms with van der Waals surface area (Å²) in [5, 5.41) is 18.7. The van der Waals surface area contributed by atoms with Gasteiger partial charge in [-0.15, -0.1) is 5.10 Å². The second-order valence-corrected chi connectivity index (χ2v) is 4.54. The van der Waals surface area contributed by atoms with Crippen molar-refractivity contribution in [3.05, 3.63) is 47.5 Å². The van der Waals surface area contributed by atoms with Crippen LogP contribution in [0, 0.1) is 5.82 Å². The van der Waals surface area contributed by atoms with Crippen molar-refractivity contribution in [2.45, 2.75) is 38.8 Å². The fourth-order valence-corrected chi connectivity index (χ4v) is 2.26. The van der Waals surface area contributed by atoms with Crippen molar-refractivity contribution >= 4 is 0 Å². The topological polar surface area (TPSA) is 50.9 Å². The molecule has 102 valence electrons. The molecule has 1 heterocycles. The average molecular weight is 263 g/mol. The standard InChI is InChI=1S/C14H18FN3O/c1-3-9-18-13(10-16-17-18)14(19,4-2)11-7-5-6-8-12(11)15/h5-8,10,19H,3-4,9H2,1-2H3. The van der Waals surface area contributed by atoms with Gasteiger partial charge in [-0.3, -0.25) is 0 Å². The van der Waals surface area contributed by atoms with Gasteiger partial charge >= 0.3 is 0 Å². The van der Waals surface area contributed by atoms with E-state index in [1.54, 1.807) is 22.9 Å². The summed E-state index contributed by atoms with van der Waals surface area (Å²) in [6.07, 6.45) is 2.73. The second kappa shape index (κ2) is 5.48. The molecule has 0 amide bonds. The number of halogens is 1. The third kappa shape index (κ3) is 2.38. The minimum absolute atomic E-state index is 0.261. The molecular formula is C14H18FN3O. The Hall–Kier alpha value is -1.75. The molecule has 4 nitrogen and oxygen atoms in total. The number of hydrogen-bond donors (Lipinski definition) is 1. The summed E-state index contributed by atoms with van der Waals surface area (Å²) in [4.78, 5) is 0. The lowest BCUT2D eigenvalue weighted by molar-refractivity contribution is 0.0626. The molecule has 1 N–H and O–H groups in total. The molecule has 5 heteroatoms. The van der Waals surface area contributed by atoms with Crippen LogP contribution in [0.3, 0.4) is 0 Å². The Bertz CT molecular complexity index is 555. The van der Waals surface area contributed by atoms with Crippen LogP contribution in [0.4, 0.5) is 4.39 Å². The Labute approximate surface area is 111 Å². The molecule has 0 fully saturated rings. The van der Waals surface area contributed by atoms with E-state index in [0.29, 0.717) is 18.7 Å². The van der Waals surface area contributed by atoms with Crippen molar-refractivity contribution in [3.8, 4) is 0 Å². The van der Waals surface area contributed by atoms with Gasteiger partial charge in [-0.05, 0) is 18.9 Å². The molecule has 0 saturated carbocycles. The molecule has 0 spiro atoms. The molecular weight excluding hydrogens is 245 g/mol. The molecule has 0 aliphatic rings.